The van der Waals surface area contributed by atoms with Gasteiger partial charge in [-0.3, -0.25) is 0 Å². The van der Waals surface area contributed by atoms with Crippen molar-refractivity contribution in [3.05, 3.63) is 0 Å². The Balaban J connectivity index is 0. The summed E-state index contributed by atoms with van der Waals surface area (Å²) < 4.78 is 0. The van der Waals surface area contributed by atoms with Gasteiger partial charge in [-0.1, -0.05) is 0 Å². The maximum absolute atomic E-state index is 7.93. The molecule has 0 heterocycles. The average Bonchev–Trinajstić information content (AvgIpc) is 1.35. The van der Waals surface area contributed by atoms with E-state index in [1.807, 2.05) is 0 Å². The van der Waals surface area contributed by atoms with E-state index in [0.29, 0.717) is 0 Å². The molecule has 0 rings (SSSR count). The summed E-state index contributed by atoms with van der Waals surface area (Å²) in [4.78, 5) is 0. The summed E-state index contributed by atoms with van der Waals surface area (Å²) in [7, 11) is 0. The van der Waals surface area contributed by atoms with Crippen molar-refractivity contribution in [1.82, 2.24) is 0 Å². The van der Waals surface area contributed by atoms with Gasteiger partial charge in [-0.2, -0.15) is 0 Å². The molecule has 0 aliphatic carbocycles. The summed E-state index contributed by atoms with van der Waals surface area (Å²) >= 11 is 0. The van der Waals surface area contributed by atoms with Crippen LogP contribution in [0.4, 0.5) is 0 Å². The Kier molecular flexibility index (Phi) is 8.64. The van der Waals surface area contributed by atoms with Crippen molar-refractivity contribution in [3.63, 3.8) is 0 Å². The van der Waals surface area contributed by atoms with Crippen molar-refractivity contribution < 1.29 is 27.3 Å². The second-order valence-corrected chi connectivity index (χ2v) is 0.768. The van der Waals surface area contributed by atoms with Crippen LogP contribution in [-0.2, 0) is 17.1 Å². The van der Waals surface area contributed by atoms with Gasteiger partial charge in [0.15, 0.2) is 0 Å². The van der Waals surface area contributed by atoms with E-state index in [1.165, 1.54) is 0 Å². The molecule has 2 N–H and O–H groups in total. The Morgan fingerprint density at radius 2 is 1.86 bits per heavy atom. The molecule has 0 saturated heterocycles. The van der Waals surface area contributed by atoms with Crippen molar-refractivity contribution in [2.24, 2.45) is 0 Å². The van der Waals surface area contributed by atoms with Crippen LogP contribution < -0.4 is 0 Å². The Labute approximate surface area is 53.0 Å². The summed E-state index contributed by atoms with van der Waals surface area (Å²) in [6.07, 6.45) is -1.46. The zero-order valence-electron chi connectivity index (χ0n) is 3.77. The molecular weight excluding hydrogens is 144 g/mol. The van der Waals surface area contributed by atoms with Crippen molar-refractivity contribution in [3.8, 4) is 11.8 Å². The van der Waals surface area contributed by atoms with Crippen LogP contribution in [0.3, 0.4) is 0 Å². The van der Waals surface area contributed by atoms with Gasteiger partial charge in [0.05, 0.1) is 0 Å². The third-order valence-corrected chi connectivity index (χ3v) is 0.273. The standard InChI is InChI=1S/C4H6O2.Cu/c1-2-3-4(5)6;/h4-6H,1H3;. The maximum atomic E-state index is 7.93. The molecule has 0 fully saturated rings. The first-order chi connectivity index (χ1) is 2.77. The third-order valence-electron chi connectivity index (χ3n) is 0.273. The van der Waals surface area contributed by atoms with Crippen LogP contribution in [-0.4, -0.2) is 16.5 Å². The summed E-state index contributed by atoms with van der Waals surface area (Å²) in [6, 6.07) is 0. The minimum atomic E-state index is -1.46. The molecule has 45 valence electrons. The van der Waals surface area contributed by atoms with E-state index in [1.54, 1.807) is 6.92 Å². The van der Waals surface area contributed by atoms with Crippen LogP contribution >= 0.6 is 0 Å². The summed E-state index contributed by atoms with van der Waals surface area (Å²) in [5.74, 6) is 4.39. The first kappa shape index (κ1) is 10.1. The molecule has 7 heavy (non-hydrogen) atoms. The predicted octanol–water partition coefficient (Wildman–Crippen LogP) is -0.682. The van der Waals surface area contributed by atoms with Crippen LogP contribution in [0.2, 0.25) is 0 Å². The molecule has 0 amide bonds. The zero-order chi connectivity index (χ0) is 4.99. The summed E-state index contributed by atoms with van der Waals surface area (Å²) in [5.41, 5.74) is 0. The molecule has 0 aromatic rings. The van der Waals surface area contributed by atoms with E-state index >= 15 is 0 Å². The molecule has 1 radical (unpaired) electrons. The van der Waals surface area contributed by atoms with Gasteiger partial charge in [0.2, 0.25) is 6.29 Å². The molecule has 3 heteroatoms. The van der Waals surface area contributed by atoms with E-state index in [9.17, 15) is 0 Å². The van der Waals surface area contributed by atoms with Gasteiger partial charge in [0.25, 0.3) is 0 Å². The maximum Gasteiger partial charge on any atom is 0.217 e. The van der Waals surface area contributed by atoms with Crippen molar-refractivity contribution >= 4 is 0 Å². The number of hydrogen-bond donors (Lipinski definition) is 2. The largest absolute Gasteiger partial charge is 0.358 e. The minimum absolute atomic E-state index is 0. The molecule has 0 atom stereocenters. The monoisotopic (exact) mass is 149 g/mol. The van der Waals surface area contributed by atoms with E-state index < -0.39 is 6.29 Å². The second kappa shape index (κ2) is 6.00. The third kappa shape index (κ3) is 10.7. The van der Waals surface area contributed by atoms with Crippen LogP contribution in [0.5, 0.6) is 0 Å². The SMILES string of the molecule is CC#CC(O)O.[Cu]. The molecule has 0 aromatic heterocycles. The first-order valence-electron chi connectivity index (χ1n) is 1.56. The summed E-state index contributed by atoms with van der Waals surface area (Å²) in [5, 5.41) is 15.9. The van der Waals surface area contributed by atoms with E-state index in [0.717, 1.165) is 0 Å². The van der Waals surface area contributed by atoms with Crippen molar-refractivity contribution in [2.75, 3.05) is 0 Å². The number of rotatable bonds is 0. The molecule has 0 bridgehead atoms. The van der Waals surface area contributed by atoms with Crippen molar-refractivity contribution in [1.29, 1.82) is 0 Å². The Hall–Kier alpha value is -0.000519. The number of hydrogen-bond acceptors (Lipinski definition) is 2. The number of aliphatic hydroxyl groups is 2. The number of aliphatic hydroxyl groups excluding tert-OH is 1. The van der Waals surface area contributed by atoms with Gasteiger partial charge >= 0.3 is 0 Å². The molecule has 2 nitrogen and oxygen atoms in total. The van der Waals surface area contributed by atoms with Gasteiger partial charge in [-0.15, -0.1) is 5.92 Å². The normalized spacial score (nSPS) is 6.29. The van der Waals surface area contributed by atoms with Crippen LogP contribution in [0.25, 0.3) is 0 Å². The Bertz CT molecular complexity index is 79.4. The molecule has 0 saturated carbocycles. The van der Waals surface area contributed by atoms with Gasteiger partial charge in [0.1, 0.15) is 0 Å². The summed E-state index contributed by atoms with van der Waals surface area (Å²) in [6.45, 7) is 1.54. The quantitative estimate of drug-likeness (QED) is 0.272. The zero-order valence-corrected chi connectivity index (χ0v) is 4.71. The molecule has 0 spiro atoms. The van der Waals surface area contributed by atoms with Gasteiger partial charge in [-0.05, 0) is 12.8 Å². The van der Waals surface area contributed by atoms with E-state index in [4.69, 9.17) is 10.2 Å². The first-order valence-corrected chi connectivity index (χ1v) is 1.56. The molecule has 0 aliphatic rings. The molecule has 0 aromatic carbocycles. The van der Waals surface area contributed by atoms with E-state index in [-0.39, 0.29) is 17.1 Å². The predicted molar refractivity (Wildman–Crippen MR) is 21.7 cm³/mol. The smallest absolute Gasteiger partial charge is 0.217 e. The van der Waals surface area contributed by atoms with Crippen LogP contribution in [0.15, 0.2) is 0 Å². The molecular formula is C4H6CuO2. The molecule has 0 aliphatic heterocycles. The Morgan fingerprint density at radius 1 is 1.43 bits per heavy atom. The minimum Gasteiger partial charge on any atom is -0.358 e. The average molecular weight is 150 g/mol. The van der Waals surface area contributed by atoms with Gasteiger partial charge < -0.3 is 10.2 Å². The van der Waals surface area contributed by atoms with Gasteiger partial charge in [0, 0.05) is 17.1 Å². The van der Waals surface area contributed by atoms with Crippen molar-refractivity contribution in [2.45, 2.75) is 13.2 Å². The van der Waals surface area contributed by atoms with Gasteiger partial charge in [-0.25, -0.2) is 0 Å². The topological polar surface area (TPSA) is 40.5 Å². The molecule has 0 unspecified atom stereocenters. The fraction of sp³-hybridized carbons (Fsp3) is 0.500. The fourth-order valence-electron chi connectivity index (χ4n) is 0.129. The Morgan fingerprint density at radius 3 is 1.86 bits per heavy atom. The second-order valence-electron chi connectivity index (χ2n) is 0.768. The van der Waals surface area contributed by atoms with Crippen LogP contribution in [0, 0.1) is 11.8 Å². The fourth-order valence-corrected chi connectivity index (χ4v) is 0.129. The van der Waals surface area contributed by atoms with Crippen LogP contribution in [0.1, 0.15) is 6.92 Å². The van der Waals surface area contributed by atoms with E-state index in [2.05, 4.69) is 11.8 Å².